The zero-order valence-electron chi connectivity index (χ0n) is 19.4. The fourth-order valence-corrected chi connectivity index (χ4v) is 3.52. The van der Waals surface area contributed by atoms with E-state index in [0.29, 0.717) is 23.9 Å². The zero-order valence-corrected chi connectivity index (χ0v) is 19.4. The van der Waals surface area contributed by atoms with Gasteiger partial charge in [0.05, 0.1) is 24.6 Å². The Hall–Kier alpha value is -3.81. The van der Waals surface area contributed by atoms with Gasteiger partial charge in [0.1, 0.15) is 18.1 Å². The van der Waals surface area contributed by atoms with Gasteiger partial charge in [-0.3, -0.25) is 14.2 Å². The average molecular weight is 448 g/mol. The maximum atomic E-state index is 12.6. The Labute approximate surface area is 193 Å². The summed E-state index contributed by atoms with van der Waals surface area (Å²) in [6.07, 6.45) is 5.25. The molecule has 3 aromatic heterocycles. The Kier molecular flexibility index (Phi) is 6.63. The molecule has 8 nitrogen and oxygen atoms in total. The van der Waals surface area contributed by atoms with Gasteiger partial charge in [0.2, 0.25) is 0 Å². The second-order valence-corrected chi connectivity index (χ2v) is 8.23. The summed E-state index contributed by atoms with van der Waals surface area (Å²) in [6.45, 7) is 10.1. The predicted octanol–water partition coefficient (Wildman–Crippen LogP) is 5.00. The quantitative estimate of drug-likeness (QED) is 0.390. The molecule has 4 rings (SSSR count). The number of carbonyl (C=O) groups is 1. The Balaban J connectivity index is 1.31. The second kappa shape index (κ2) is 9.77. The van der Waals surface area contributed by atoms with Gasteiger partial charge in [-0.25, -0.2) is 0 Å². The molecule has 0 radical (unpaired) electrons. The van der Waals surface area contributed by atoms with Gasteiger partial charge in [0.15, 0.2) is 5.76 Å². The fraction of sp³-hybridized carbons (Fsp3) is 0.320. The van der Waals surface area contributed by atoms with Crippen molar-refractivity contribution in [2.75, 3.05) is 5.32 Å². The van der Waals surface area contributed by atoms with Crippen molar-refractivity contribution in [3.05, 3.63) is 83.3 Å². The first-order valence-corrected chi connectivity index (χ1v) is 11.1. The number of ether oxygens (including phenoxy) is 1. The summed E-state index contributed by atoms with van der Waals surface area (Å²) in [7, 11) is 0. The first-order valence-electron chi connectivity index (χ1n) is 11.1. The van der Waals surface area contributed by atoms with Crippen LogP contribution in [-0.2, 0) is 19.7 Å². The molecule has 1 amide bonds. The van der Waals surface area contributed by atoms with Crippen LogP contribution >= 0.6 is 0 Å². The van der Waals surface area contributed by atoms with E-state index in [1.165, 1.54) is 5.56 Å². The van der Waals surface area contributed by atoms with Gasteiger partial charge < -0.3 is 14.5 Å². The van der Waals surface area contributed by atoms with Crippen LogP contribution in [0.25, 0.3) is 0 Å². The number of hydrogen-bond donors (Lipinski definition) is 1. The molecule has 0 aliphatic heterocycles. The highest BCUT2D eigenvalue weighted by molar-refractivity contribution is 6.02. The third-order valence-electron chi connectivity index (χ3n) is 5.54. The number of hydrogen-bond acceptors (Lipinski definition) is 5. The minimum atomic E-state index is -0.336. The topological polar surface area (TPSA) is 87.1 Å². The van der Waals surface area contributed by atoms with E-state index in [1.54, 1.807) is 29.2 Å². The lowest BCUT2D eigenvalue weighted by Crippen LogP contribution is -2.10. The summed E-state index contributed by atoms with van der Waals surface area (Å²) in [5.41, 5.74) is 4.06. The van der Waals surface area contributed by atoms with Gasteiger partial charge in [0, 0.05) is 24.0 Å². The summed E-state index contributed by atoms with van der Waals surface area (Å²) in [6, 6.07) is 11.4. The molecule has 0 unspecified atom stereocenters. The van der Waals surface area contributed by atoms with Crippen LogP contribution in [0.4, 0.5) is 5.69 Å². The maximum Gasteiger partial charge on any atom is 0.291 e. The highest BCUT2D eigenvalue weighted by atomic mass is 16.5. The minimum absolute atomic E-state index is 0.219. The van der Waals surface area contributed by atoms with E-state index in [0.717, 1.165) is 23.6 Å². The molecule has 4 aromatic rings. The van der Waals surface area contributed by atoms with Gasteiger partial charge >= 0.3 is 0 Å². The number of aromatic nitrogens is 4. The number of carbonyl (C=O) groups excluding carboxylic acids is 1. The Morgan fingerprint density at radius 2 is 1.91 bits per heavy atom. The largest absolute Gasteiger partial charge is 0.486 e. The number of benzene rings is 1. The molecule has 3 heterocycles. The minimum Gasteiger partial charge on any atom is -0.486 e. The number of nitrogens with zero attached hydrogens (tertiary/aromatic N) is 4. The van der Waals surface area contributed by atoms with Crippen LogP contribution in [0.2, 0.25) is 0 Å². The maximum absolute atomic E-state index is 12.6. The van der Waals surface area contributed by atoms with Gasteiger partial charge in [-0.1, -0.05) is 26.0 Å². The highest BCUT2D eigenvalue weighted by Gasteiger charge is 2.14. The summed E-state index contributed by atoms with van der Waals surface area (Å²) < 4.78 is 15.1. The standard InChI is InChI=1S/C25H29N5O3/c1-5-30-18(4)20(12-27-30)14-29-15-21(13-26-29)28-25(31)24-11-10-23(33-24)16-32-22-8-6-19(7-9-22)17(2)3/h6-13,15,17H,5,14,16H2,1-4H3,(H,28,31). The van der Waals surface area contributed by atoms with Gasteiger partial charge in [-0.15, -0.1) is 0 Å². The molecular weight excluding hydrogens is 418 g/mol. The molecule has 0 fully saturated rings. The molecule has 33 heavy (non-hydrogen) atoms. The van der Waals surface area contributed by atoms with E-state index in [-0.39, 0.29) is 18.3 Å². The first kappa shape index (κ1) is 22.4. The first-order chi connectivity index (χ1) is 15.9. The van der Waals surface area contributed by atoms with Crippen molar-refractivity contribution in [2.45, 2.75) is 53.3 Å². The summed E-state index contributed by atoms with van der Waals surface area (Å²) in [5, 5.41) is 11.5. The number of amides is 1. The van der Waals surface area contributed by atoms with Crippen molar-refractivity contribution >= 4 is 11.6 Å². The lowest BCUT2D eigenvalue weighted by molar-refractivity contribution is 0.0992. The van der Waals surface area contributed by atoms with Gasteiger partial charge in [0.25, 0.3) is 5.91 Å². The van der Waals surface area contributed by atoms with Crippen molar-refractivity contribution in [1.82, 2.24) is 19.6 Å². The number of anilines is 1. The molecular formula is C25H29N5O3. The number of nitrogens with one attached hydrogen (secondary N) is 1. The predicted molar refractivity (Wildman–Crippen MR) is 125 cm³/mol. The van der Waals surface area contributed by atoms with Gasteiger partial charge in [-0.2, -0.15) is 10.2 Å². The average Bonchev–Trinajstić information content (AvgIpc) is 3.54. The normalized spacial score (nSPS) is 11.2. The molecule has 8 heteroatoms. The molecule has 0 bridgehead atoms. The molecule has 0 aliphatic rings. The molecule has 1 aromatic carbocycles. The number of furan rings is 1. The number of rotatable bonds is 9. The Morgan fingerprint density at radius 1 is 1.12 bits per heavy atom. The van der Waals surface area contributed by atoms with Gasteiger partial charge in [-0.05, 0) is 49.6 Å². The van der Waals surface area contributed by atoms with Crippen LogP contribution in [0.15, 0.2) is 59.4 Å². The lowest BCUT2D eigenvalue weighted by Gasteiger charge is -2.08. The summed E-state index contributed by atoms with van der Waals surface area (Å²) >= 11 is 0. The van der Waals surface area contributed by atoms with E-state index in [4.69, 9.17) is 9.15 Å². The fourth-order valence-electron chi connectivity index (χ4n) is 3.52. The molecule has 0 aliphatic carbocycles. The molecule has 0 spiro atoms. The molecule has 1 N–H and O–H groups in total. The van der Waals surface area contributed by atoms with Crippen molar-refractivity contribution in [1.29, 1.82) is 0 Å². The number of aryl methyl sites for hydroxylation is 1. The van der Waals surface area contributed by atoms with Crippen LogP contribution in [0.3, 0.4) is 0 Å². The lowest BCUT2D eigenvalue weighted by atomic mass is 10.0. The van der Waals surface area contributed by atoms with Crippen molar-refractivity contribution in [2.24, 2.45) is 0 Å². The third kappa shape index (κ3) is 5.34. The van der Waals surface area contributed by atoms with Crippen molar-refractivity contribution in [3.8, 4) is 5.75 Å². The third-order valence-corrected chi connectivity index (χ3v) is 5.54. The smallest absolute Gasteiger partial charge is 0.291 e. The van der Waals surface area contributed by atoms with Crippen LogP contribution < -0.4 is 10.1 Å². The van der Waals surface area contributed by atoms with Crippen molar-refractivity contribution in [3.63, 3.8) is 0 Å². The van der Waals surface area contributed by atoms with Crippen LogP contribution in [0.5, 0.6) is 5.75 Å². The van der Waals surface area contributed by atoms with Crippen LogP contribution in [0, 0.1) is 6.92 Å². The van der Waals surface area contributed by atoms with E-state index in [9.17, 15) is 4.79 Å². The van der Waals surface area contributed by atoms with E-state index < -0.39 is 0 Å². The second-order valence-electron chi connectivity index (χ2n) is 8.23. The summed E-state index contributed by atoms with van der Waals surface area (Å²) in [5.74, 6) is 1.69. The Bertz CT molecular complexity index is 1220. The van der Waals surface area contributed by atoms with E-state index >= 15 is 0 Å². The molecule has 0 saturated heterocycles. The SMILES string of the molecule is CCn1ncc(Cn2cc(NC(=O)c3ccc(COc4ccc(C(C)C)cc4)o3)cn2)c1C. The van der Waals surface area contributed by atoms with E-state index in [1.807, 2.05) is 29.9 Å². The highest BCUT2D eigenvalue weighted by Crippen LogP contribution is 2.20. The Morgan fingerprint density at radius 3 is 2.61 bits per heavy atom. The zero-order chi connectivity index (χ0) is 23.4. The monoisotopic (exact) mass is 447 g/mol. The molecule has 0 saturated carbocycles. The molecule has 0 atom stereocenters. The summed E-state index contributed by atoms with van der Waals surface area (Å²) in [4.78, 5) is 12.6. The van der Waals surface area contributed by atoms with Crippen LogP contribution in [-0.4, -0.2) is 25.5 Å². The van der Waals surface area contributed by atoms with E-state index in [2.05, 4.69) is 48.4 Å². The van der Waals surface area contributed by atoms with Crippen molar-refractivity contribution < 1.29 is 13.9 Å². The molecule has 172 valence electrons. The van der Waals surface area contributed by atoms with Crippen LogP contribution in [0.1, 0.15) is 59.8 Å².